The smallest absolute Gasteiger partial charge is 0.100 e. The zero-order valence-corrected chi connectivity index (χ0v) is 8.43. The van der Waals surface area contributed by atoms with Gasteiger partial charge in [0.05, 0.1) is 31.3 Å². The topological polar surface area (TPSA) is 74.7 Å². The predicted molar refractivity (Wildman–Crippen MR) is 50.5 cm³/mol. The Kier molecular flexibility index (Phi) is 3.60. The second-order valence-corrected chi connectivity index (χ2v) is 3.36. The molecular weight excluding hydrogens is 180 g/mol. The Morgan fingerprint density at radius 2 is 2.29 bits per heavy atom. The molecule has 0 radical (unpaired) electrons. The van der Waals surface area contributed by atoms with E-state index in [0.29, 0.717) is 6.54 Å². The van der Waals surface area contributed by atoms with E-state index in [1.807, 2.05) is 13.8 Å². The summed E-state index contributed by atoms with van der Waals surface area (Å²) in [5.41, 5.74) is 1.66. The number of nitrogens with zero attached hydrogens (tertiary/aromatic N) is 4. The molecule has 0 bridgehead atoms. The number of aliphatic hydroxyl groups is 1. The van der Waals surface area contributed by atoms with Crippen molar-refractivity contribution in [2.45, 2.75) is 32.7 Å². The van der Waals surface area contributed by atoms with Gasteiger partial charge in [0.15, 0.2) is 0 Å². The van der Waals surface area contributed by atoms with Crippen LogP contribution < -0.4 is 0 Å². The SMILES string of the molecule is CC(C)c1c(CC#N)nnn1CCO. The molecular formula is C9H14N4O. The Morgan fingerprint density at radius 1 is 1.57 bits per heavy atom. The minimum Gasteiger partial charge on any atom is -0.394 e. The van der Waals surface area contributed by atoms with Crippen LogP contribution in [-0.4, -0.2) is 26.7 Å². The van der Waals surface area contributed by atoms with Gasteiger partial charge in [-0.3, -0.25) is 0 Å². The average Bonchev–Trinajstić information content (AvgIpc) is 2.49. The molecule has 0 fully saturated rings. The first-order valence-corrected chi connectivity index (χ1v) is 4.60. The van der Waals surface area contributed by atoms with Gasteiger partial charge in [-0.15, -0.1) is 5.10 Å². The number of hydrogen-bond donors (Lipinski definition) is 1. The Bertz CT molecular complexity index is 337. The van der Waals surface area contributed by atoms with E-state index < -0.39 is 0 Å². The molecule has 1 N–H and O–H groups in total. The summed E-state index contributed by atoms with van der Waals surface area (Å²) >= 11 is 0. The largest absolute Gasteiger partial charge is 0.394 e. The Morgan fingerprint density at radius 3 is 2.79 bits per heavy atom. The van der Waals surface area contributed by atoms with Gasteiger partial charge in [0.25, 0.3) is 0 Å². The molecule has 1 rings (SSSR count). The van der Waals surface area contributed by atoms with Crippen molar-refractivity contribution in [3.8, 4) is 6.07 Å². The average molecular weight is 194 g/mol. The van der Waals surface area contributed by atoms with Gasteiger partial charge in [0, 0.05) is 0 Å². The predicted octanol–water partition coefficient (Wildman–Crippen LogP) is 0.460. The number of nitriles is 1. The highest BCUT2D eigenvalue weighted by molar-refractivity contribution is 5.17. The van der Waals surface area contributed by atoms with E-state index in [9.17, 15) is 0 Å². The molecule has 1 aromatic heterocycles. The van der Waals surface area contributed by atoms with Gasteiger partial charge in [-0.05, 0) is 5.92 Å². The van der Waals surface area contributed by atoms with Crippen LogP contribution in [0.1, 0.15) is 31.2 Å². The van der Waals surface area contributed by atoms with Crippen molar-refractivity contribution in [3.05, 3.63) is 11.4 Å². The van der Waals surface area contributed by atoms with E-state index in [-0.39, 0.29) is 18.9 Å². The van der Waals surface area contributed by atoms with E-state index in [1.54, 1.807) is 4.68 Å². The third-order valence-corrected chi connectivity index (χ3v) is 1.95. The lowest BCUT2D eigenvalue weighted by Gasteiger charge is -2.08. The molecule has 0 aromatic carbocycles. The van der Waals surface area contributed by atoms with E-state index in [4.69, 9.17) is 10.4 Å². The molecule has 5 heteroatoms. The maximum absolute atomic E-state index is 8.81. The molecule has 1 heterocycles. The summed E-state index contributed by atoms with van der Waals surface area (Å²) in [6, 6.07) is 2.06. The molecule has 0 saturated heterocycles. The van der Waals surface area contributed by atoms with E-state index in [2.05, 4.69) is 16.4 Å². The minimum absolute atomic E-state index is 0.0368. The minimum atomic E-state index is 0.0368. The van der Waals surface area contributed by atoms with Crippen molar-refractivity contribution in [1.82, 2.24) is 15.0 Å². The molecule has 0 saturated carbocycles. The molecule has 76 valence electrons. The molecule has 0 unspecified atom stereocenters. The first-order valence-electron chi connectivity index (χ1n) is 4.60. The highest BCUT2D eigenvalue weighted by Crippen LogP contribution is 2.17. The zero-order chi connectivity index (χ0) is 10.6. The summed E-state index contributed by atoms with van der Waals surface area (Å²) in [6.07, 6.45) is 0.277. The van der Waals surface area contributed by atoms with Crippen molar-refractivity contribution in [1.29, 1.82) is 5.26 Å². The van der Waals surface area contributed by atoms with Crippen LogP contribution >= 0.6 is 0 Å². The van der Waals surface area contributed by atoms with E-state index in [1.165, 1.54) is 0 Å². The van der Waals surface area contributed by atoms with Gasteiger partial charge in [-0.25, -0.2) is 4.68 Å². The first kappa shape index (κ1) is 10.7. The van der Waals surface area contributed by atoms with Crippen LogP contribution in [0.3, 0.4) is 0 Å². The van der Waals surface area contributed by atoms with Crippen LogP contribution in [0.2, 0.25) is 0 Å². The summed E-state index contributed by atoms with van der Waals surface area (Å²) in [6.45, 7) is 4.52. The van der Waals surface area contributed by atoms with Crippen LogP contribution in [0.5, 0.6) is 0 Å². The van der Waals surface area contributed by atoms with Crippen molar-refractivity contribution in [2.24, 2.45) is 0 Å². The van der Waals surface area contributed by atoms with Crippen molar-refractivity contribution >= 4 is 0 Å². The molecule has 0 amide bonds. The molecule has 14 heavy (non-hydrogen) atoms. The lowest BCUT2D eigenvalue weighted by molar-refractivity contribution is 0.265. The van der Waals surface area contributed by atoms with E-state index >= 15 is 0 Å². The summed E-state index contributed by atoms with van der Waals surface area (Å²) in [5, 5.41) is 25.2. The highest BCUT2D eigenvalue weighted by atomic mass is 16.3. The Hall–Kier alpha value is -1.41. The maximum atomic E-state index is 8.81. The highest BCUT2D eigenvalue weighted by Gasteiger charge is 2.14. The number of aromatic nitrogens is 3. The fourth-order valence-electron chi connectivity index (χ4n) is 1.45. The molecule has 1 aromatic rings. The monoisotopic (exact) mass is 194 g/mol. The fraction of sp³-hybridized carbons (Fsp3) is 0.667. The zero-order valence-electron chi connectivity index (χ0n) is 8.43. The molecule has 0 aliphatic carbocycles. The summed E-state index contributed by atoms with van der Waals surface area (Å²) in [5.74, 6) is 0.264. The second-order valence-electron chi connectivity index (χ2n) is 3.36. The van der Waals surface area contributed by atoms with Gasteiger partial charge in [-0.2, -0.15) is 5.26 Å². The van der Waals surface area contributed by atoms with E-state index in [0.717, 1.165) is 11.4 Å². The van der Waals surface area contributed by atoms with Gasteiger partial charge in [0.2, 0.25) is 0 Å². The van der Waals surface area contributed by atoms with Gasteiger partial charge in [-0.1, -0.05) is 19.1 Å². The molecule has 0 aliphatic rings. The Labute approximate surface area is 83.0 Å². The summed E-state index contributed by atoms with van der Waals surface area (Å²) in [7, 11) is 0. The molecule has 0 atom stereocenters. The lowest BCUT2D eigenvalue weighted by atomic mass is 10.1. The van der Waals surface area contributed by atoms with Gasteiger partial charge < -0.3 is 5.11 Å². The van der Waals surface area contributed by atoms with Crippen LogP contribution in [0, 0.1) is 11.3 Å². The van der Waals surface area contributed by atoms with Gasteiger partial charge in [0.1, 0.15) is 5.69 Å². The number of aliphatic hydroxyl groups excluding tert-OH is 1. The third-order valence-electron chi connectivity index (χ3n) is 1.95. The fourth-order valence-corrected chi connectivity index (χ4v) is 1.45. The van der Waals surface area contributed by atoms with Gasteiger partial charge >= 0.3 is 0 Å². The van der Waals surface area contributed by atoms with Crippen LogP contribution in [0.15, 0.2) is 0 Å². The first-order chi connectivity index (χ1) is 6.70. The summed E-state index contributed by atoms with van der Waals surface area (Å²) in [4.78, 5) is 0. The van der Waals surface area contributed by atoms with Crippen LogP contribution in [0.4, 0.5) is 0 Å². The van der Waals surface area contributed by atoms with Crippen molar-refractivity contribution in [3.63, 3.8) is 0 Å². The quantitative estimate of drug-likeness (QED) is 0.755. The number of rotatable bonds is 4. The normalized spacial score (nSPS) is 10.5. The summed E-state index contributed by atoms with van der Waals surface area (Å²) < 4.78 is 1.66. The molecule has 0 aliphatic heterocycles. The van der Waals surface area contributed by atoms with Crippen molar-refractivity contribution in [2.75, 3.05) is 6.61 Å². The standard InChI is InChI=1S/C9H14N4O/c1-7(2)9-8(3-4-10)11-12-13(9)5-6-14/h7,14H,3,5-6H2,1-2H3. The third kappa shape index (κ3) is 2.09. The molecule has 0 spiro atoms. The maximum Gasteiger partial charge on any atom is 0.100 e. The van der Waals surface area contributed by atoms with Crippen molar-refractivity contribution < 1.29 is 5.11 Å². The van der Waals surface area contributed by atoms with Crippen LogP contribution in [0.25, 0.3) is 0 Å². The number of hydrogen-bond acceptors (Lipinski definition) is 4. The molecule has 5 nitrogen and oxygen atoms in total. The second kappa shape index (κ2) is 4.72. The Balaban J connectivity index is 3.01. The van der Waals surface area contributed by atoms with Crippen LogP contribution in [-0.2, 0) is 13.0 Å². The lowest BCUT2D eigenvalue weighted by Crippen LogP contribution is -2.10.